The van der Waals surface area contributed by atoms with Crippen molar-refractivity contribution in [2.45, 2.75) is 151 Å². The van der Waals surface area contributed by atoms with Crippen molar-refractivity contribution in [1.29, 1.82) is 0 Å². The van der Waals surface area contributed by atoms with Crippen LogP contribution in [0, 0.1) is 0 Å². The Kier molecular flexibility index (Phi) is 10.5. The molecule has 0 bridgehead atoms. The number of imidazole rings is 1. The van der Waals surface area contributed by atoms with Crippen LogP contribution in [-0.4, -0.2) is 108 Å². The Morgan fingerprint density at radius 1 is 0.755 bits per heavy atom. The van der Waals surface area contributed by atoms with E-state index in [0.29, 0.717) is 47.5 Å². The van der Waals surface area contributed by atoms with Crippen molar-refractivity contribution in [3.8, 4) is 0 Å². The average molecular weight is 733 g/mol. The molecule has 4 aliphatic rings. The van der Waals surface area contributed by atoms with Crippen LogP contribution < -0.4 is 32.7 Å². The molecular weight excluding hydrogens is 680 g/mol. The molecule has 0 radical (unpaired) electrons. The number of ether oxygens (including phenoxy) is 1. The average Bonchev–Trinajstić information content (AvgIpc) is 3.89. The number of anilines is 4. The van der Waals surface area contributed by atoms with Gasteiger partial charge in [0.25, 0.3) is 0 Å². The van der Waals surface area contributed by atoms with Gasteiger partial charge in [-0.1, -0.05) is 0 Å². The monoisotopic (exact) mass is 732 g/mol. The molecule has 19 heteroatoms. The molecule has 1 aliphatic heterocycles. The van der Waals surface area contributed by atoms with Crippen molar-refractivity contribution < 1.29 is 14.9 Å². The van der Waals surface area contributed by atoms with E-state index in [1.165, 1.54) is 4.80 Å². The number of aromatic nitrogens is 10. The Morgan fingerprint density at radius 2 is 1.38 bits per heavy atom. The molecule has 8 rings (SSSR count). The third kappa shape index (κ3) is 7.98. The van der Waals surface area contributed by atoms with E-state index in [4.69, 9.17) is 36.1 Å². The molecule has 19 nitrogen and oxygen atoms in total. The normalized spacial score (nSPS) is 32.1. The van der Waals surface area contributed by atoms with Crippen LogP contribution in [0.5, 0.6) is 0 Å². The Balaban J connectivity index is 0.965. The van der Waals surface area contributed by atoms with E-state index in [0.717, 1.165) is 82.9 Å². The highest BCUT2D eigenvalue weighted by molar-refractivity contribution is 5.84. The van der Waals surface area contributed by atoms with Gasteiger partial charge < -0.3 is 47.7 Å². The quantitative estimate of drug-likeness (QED) is 0.109. The van der Waals surface area contributed by atoms with Gasteiger partial charge >= 0.3 is 0 Å². The Hall–Kier alpha value is -4.30. The van der Waals surface area contributed by atoms with E-state index in [9.17, 15) is 10.2 Å². The predicted molar refractivity (Wildman–Crippen MR) is 197 cm³/mol. The maximum Gasteiger partial charge on any atom is 0.227 e. The van der Waals surface area contributed by atoms with Crippen LogP contribution in [0.4, 0.5) is 23.5 Å². The van der Waals surface area contributed by atoms with E-state index in [1.807, 2.05) is 13.0 Å². The maximum absolute atomic E-state index is 11.2. The van der Waals surface area contributed by atoms with Gasteiger partial charge in [0.1, 0.15) is 18.0 Å². The van der Waals surface area contributed by atoms with Crippen molar-refractivity contribution in [2.75, 3.05) is 21.3 Å². The van der Waals surface area contributed by atoms with E-state index in [1.54, 1.807) is 17.1 Å². The molecule has 3 aliphatic carbocycles. The molecule has 0 spiro atoms. The summed E-state index contributed by atoms with van der Waals surface area (Å²) in [5.74, 6) is 2.74. The number of aliphatic hydroxyl groups excluding tert-OH is 2. The number of hydrogen-bond acceptors (Lipinski definition) is 17. The first-order valence-corrected chi connectivity index (χ1v) is 19.2. The number of hydrogen-bond donors (Lipinski definition) is 8. The Morgan fingerprint density at radius 3 is 2.04 bits per heavy atom. The molecule has 1 saturated heterocycles. The number of nitrogens with one attached hydrogen (secondary N) is 4. The van der Waals surface area contributed by atoms with Crippen LogP contribution in [0.15, 0.2) is 18.6 Å². The first-order chi connectivity index (χ1) is 25.8. The third-order valence-electron chi connectivity index (χ3n) is 11.2. The topological polar surface area (TPSA) is 263 Å². The van der Waals surface area contributed by atoms with Gasteiger partial charge in [0.15, 0.2) is 29.3 Å². The van der Waals surface area contributed by atoms with Crippen molar-refractivity contribution >= 4 is 34.7 Å². The number of tetrazole rings is 1. The van der Waals surface area contributed by atoms with E-state index in [-0.39, 0.29) is 30.0 Å². The molecule has 0 unspecified atom stereocenters. The second-order valence-electron chi connectivity index (χ2n) is 15.1. The lowest BCUT2D eigenvalue weighted by Crippen LogP contribution is -2.34. The largest absolute Gasteiger partial charge is 0.387 e. The van der Waals surface area contributed by atoms with Crippen molar-refractivity contribution in [2.24, 2.45) is 11.5 Å². The smallest absolute Gasteiger partial charge is 0.227 e. The second kappa shape index (κ2) is 15.6. The van der Waals surface area contributed by atoms with Crippen molar-refractivity contribution in [3.63, 3.8) is 0 Å². The summed E-state index contributed by atoms with van der Waals surface area (Å²) < 4.78 is 7.84. The summed E-state index contributed by atoms with van der Waals surface area (Å²) in [4.78, 5) is 25.1. The van der Waals surface area contributed by atoms with Gasteiger partial charge in [0, 0.05) is 42.4 Å². The molecule has 0 aromatic carbocycles. The number of rotatable bonds is 11. The fraction of sp³-hybridized carbons (Fsp3) is 0.706. The number of fused-ring (bicyclic) bond motifs is 1. The zero-order chi connectivity index (χ0) is 36.5. The first kappa shape index (κ1) is 35.7. The highest BCUT2D eigenvalue weighted by Crippen LogP contribution is 2.39. The van der Waals surface area contributed by atoms with Crippen molar-refractivity contribution in [3.05, 3.63) is 24.4 Å². The molecule has 4 aromatic heterocycles. The maximum atomic E-state index is 11.2. The second-order valence-corrected chi connectivity index (χ2v) is 15.1. The van der Waals surface area contributed by atoms with Crippen LogP contribution in [-0.2, 0) is 11.3 Å². The number of aryl methyl sites for hydroxylation is 1. The molecule has 53 heavy (non-hydrogen) atoms. The fourth-order valence-corrected chi connectivity index (χ4v) is 8.06. The zero-order valence-corrected chi connectivity index (χ0v) is 30.1. The van der Waals surface area contributed by atoms with Gasteiger partial charge in [-0.25, -0.2) is 9.97 Å². The highest BCUT2D eigenvalue weighted by Gasteiger charge is 2.47. The van der Waals surface area contributed by atoms with E-state index < -0.39 is 24.5 Å². The van der Waals surface area contributed by atoms with Crippen LogP contribution in [0.25, 0.3) is 11.2 Å². The van der Waals surface area contributed by atoms with Crippen LogP contribution in [0.1, 0.15) is 102 Å². The minimum atomic E-state index is -1.29. The molecule has 4 aromatic rings. The lowest BCUT2D eigenvalue weighted by atomic mass is 9.91. The van der Waals surface area contributed by atoms with E-state index in [2.05, 4.69) is 41.7 Å². The van der Waals surface area contributed by atoms with Crippen LogP contribution in [0.3, 0.4) is 0 Å². The first-order valence-electron chi connectivity index (χ1n) is 19.2. The minimum absolute atomic E-state index is 0.156. The van der Waals surface area contributed by atoms with Gasteiger partial charge in [0.2, 0.25) is 17.7 Å². The predicted octanol–water partition coefficient (Wildman–Crippen LogP) is 1.81. The molecule has 4 fully saturated rings. The lowest BCUT2D eigenvalue weighted by Gasteiger charge is -2.31. The summed E-state index contributed by atoms with van der Waals surface area (Å²) in [5.41, 5.74) is 13.3. The van der Waals surface area contributed by atoms with Crippen LogP contribution in [0.2, 0.25) is 0 Å². The summed E-state index contributed by atoms with van der Waals surface area (Å²) in [6.07, 6.45) is 10.4. The molecule has 5 heterocycles. The third-order valence-corrected chi connectivity index (χ3v) is 11.2. The zero-order valence-electron chi connectivity index (χ0n) is 30.1. The molecule has 286 valence electrons. The molecule has 3 saturated carbocycles. The summed E-state index contributed by atoms with van der Waals surface area (Å²) in [6, 6.07) is 3.40. The Bertz CT molecular complexity index is 1810. The molecule has 4 atom stereocenters. The molecule has 10 N–H and O–H groups in total. The van der Waals surface area contributed by atoms with Gasteiger partial charge in [-0.3, -0.25) is 4.57 Å². The van der Waals surface area contributed by atoms with Gasteiger partial charge in [-0.05, 0) is 95.3 Å². The molecule has 0 amide bonds. The van der Waals surface area contributed by atoms with Gasteiger partial charge in [-0.15, -0.1) is 10.2 Å². The standard InChI is InChI=1S/C34H52N16O3/c1-2-50-47-30(46-48-50)28-26(51)27(52)32(53-28)49-17-38-25-29(44-34(45-31(25)49)42-23-9-5-19(36)6-10-23)40-21-13-11-20(12-14-21)39-24-15-16-37-33(43-24)41-22-7-3-18(35)4-8-22/h15-23,26-28,32,51-52H,2-14,35-36H2,1H3,(H2,37,39,41,43)(H2,40,42,44,45)/t18-,19-,20-,21-,22-,23-,26-,27+,28-,32+/m0/s1. The van der Waals surface area contributed by atoms with E-state index >= 15 is 0 Å². The summed E-state index contributed by atoms with van der Waals surface area (Å²) in [5, 5.41) is 48.8. The van der Waals surface area contributed by atoms with Gasteiger partial charge in [0.05, 0.1) is 12.9 Å². The van der Waals surface area contributed by atoms with Crippen LogP contribution >= 0.6 is 0 Å². The Labute approximate surface area is 307 Å². The number of nitrogens with zero attached hydrogens (tertiary/aromatic N) is 10. The SMILES string of the molecule is CCn1nnc([C@H]2O[C@@H](n3cnc4c(N[C@H]5CC[C@H](Nc6ccnc(N[C@H]7CC[C@H](N)CC7)n6)CC5)nc(N[C@H]5CC[C@H](N)CC5)nc43)[C@H](O)[C@@H]2O)n1. The lowest BCUT2D eigenvalue weighted by molar-refractivity contribution is -0.0384. The summed E-state index contributed by atoms with van der Waals surface area (Å²) in [6.45, 7) is 2.40. The number of nitrogens with two attached hydrogens (primary N) is 2. The molecular formula is C34H52N16O3. The van der Waals surface area contributed by atoms with Crippen molar-refractivity contribution in [1.82, 2.24) is 49.7 Å². The highest BCUT2D eigenvalue weighted by atomic mass is 16.6. The van der Waals surface area contributed by atoms with Gasteiger partial charge in [-0.2, -0.15) is 19.7 Å². The summed E-state index contributed by atoms with van der Waals surface area (Å²) >= 11 is 0. The minimum Gasteiger partial charge on any atom is -0.387 e. The summed E-state index contributed by atoms with van der Waals surface area (Å²) in [7, 11) is 0. The fourth-order valence-electron chi connectivity index (χ4n) is 8.06. The number of aliphatic hydroxyl groups is 2.